The van der Waals surface area contributed by atoms with Crippen molar-refractivity contribution in [2.24, 2.45) is 0 Å². The van der Waals surface area contributed by atoms with Crippen molar-refractivity contribution in [2.45, 2.75) is 19.9 Å². The van der Waals surface area contributed by atoms with Crippen molar-refractivity contribution < 1.29 is 19.0 Å². The van der Waals surface area contributed by atoms with Crippen molar-refractivity contribution in [2.75, 3.05) is 41.5 Å². The molecule has 0 aliphatic carbocycles. The van der Waals surface area contributed by atoms with E-state index >= 15 is 0 Å². The average molecular weight is 310 g/mol. The molecule has 1 rings (SSSR count). The van der Waals surface area contributed by atoms with Crippen LogP contribution in [0.25, 0.3) is 0 Å². The molecule has 1 N–H and O–H groups in total. The van der Waals surface area contributed by atoms with E-state index in [1.54, 1.807) is 12.1 Å². The van der Waals surface area contributed by atoms with Crippen LogP contribution in [0.5, 0.6) is 17.2 Å². The van der Waals surface area contributed by atoms with Gasteiger partial charge in [0.2, 0.25) is 5.75 Å². The summed E-state index contributed by atoms with van der Waals surface area (Å²) in [6, 6.07) is 3.37. The molecule has 0 atom stereocenters. The van der Waals surface area contributed by atoms with Crippen LogP contribution in [-0.4, -0.2) is 58.3 Å². The van der Waals surface area contributed by atoms with Crippen molar-refractivity contribution in [3.8, 4) is 17.2 Å². The number of rotatable bonds is 8. The van der Waals surface area contributed by atoms with Crippen LogP contribution in [-0.2, 0) is 0 Å². The van der Waals surface area contributed by atoms with Gasteiger partial charge in [-0.05, 0) is 40.1 Å². The molecule has 0 saturated carbocycles. The summed E-state index contributed by atoms with van der Waals surface area (Å²) in [5, 5.41) is 2.84. The van der Waals surface area contributed by atoms with Crippen molar-refractivity contribution in [3.05, 3.63) is 17.7 Å². The summed E-state index contributed by atoms with van der Waals surface area (Å²) in [6.45, 7) is 5.08. The summed E-state index contributed by atoms with van der Waals surface area (Å²) in [6.07, 6.45) is 0. The first-order chi connectivity index (χ1) is 10.4. The van der Waals surface area contributed by atoms with Crippen LogP contribution in [0.15, 0.2) is 12.1 Å². The summed E-state index contributed by atoms with van der Waals surface area (Å²) < 4.78 is 16.4. The van der Waals surface area contributed by atoms with Gasteiger partial charge in [0.05, 0.1) is 14.2 Å². The Bertz CT molecular complexity index is 476. The average Bonchev–Trinajstić information content (AvgIpc) is 2.45. The highest BCUT2D eigenvalue weighted by Crippen LogP contribution is 2.38. The van der Waals surface area contributed by atoms with Gasteiger partial charge in [0.25, 0.3) is 5.91 Å². The minimum absolute atomic E-state index is 0.0560. The van der Waals surface area contributed by atoms with Crippen LogP contribution in [0, 0.1) is 0 Å². The van der Waals surface area contributed by atoms with E-state index in [0.29, 0.717) is 29.4 Å². The Labute approximate surface area is 132 Å². The van der Waals surface area contributed by atoms with Gasteiger partial charge in [-0.2, -0.15) is 0 Å². The van der Waals surface area contributed by atoms with Gasteiger partial charge in [0.15, 0.2) is 11.5 Å². The maximum absolute atomic E-state index is 12.1. The summed E-state index contributed by atoms with van der Waals surface area (Å²) in [7, 11) is 7.02. The molecule has 1 aromatic rings. The molecule has 124 valence electrons. The molecular formula is C16H26N2O4. The van der Waals surface area contributed by atoms with Crippen LogP contribution in [0.2, 0.25) is 0 Å². The zero-order valence-electron chi connectivity index (χ0n) is 14.2. The molecule has 0 aliphatic heterocycles. The van der Waals surface area contributed by atoms with Crippen LogP contribution in [0.4, 0.5) is 0 Å². The highest BCUT2D eigenvalue weighted by molar-refractivity contribution is 5.95. The number of hydrogen-bond donors (Lipinski definition) is 1. The second kappa shape index (κ2) is 8.48. The molecule has 0 radical (unpaired) electrons. The topological polar surface area (TPSA) is 60.0 Å². The van der Waals surface area contributed by atoms with Crippen LogP contribution in [0.3, 0.4) is 0 Å². The van der Waals surface area contributed by atoms with Gasteiger partial charge in [-0.3, -0.25) is 4.79 Å². The molecule has 6 heteroatoms. The molecule has 0 bridgehead atoms. The Morgan fingerprint density at radius 2 is 1.73 bits per heavy atom. The maximum Gasteiger partial charge on any atom is 0.251 e. The van der Waals surface area contributed by atoms with Crippen molar-refractivity contribution in [1.82, 2.24) is 10.2 Å². The van der Waals surface area contributed by atoms with E-state index in [0.717, 1.165) is 6.54 Å². The Balaban J connectivity index is 3.04. The lowest BCUT2D eigenvalue weighted by atomic mass is 10.1. The number of methoxy groups -OCH3 is 2. The van der Waals surface area contributed by atoms with E-state index in [1.807, 2.05) is 32.8 Å². The highest BCUT2D eigenvalue weighted by Gasteiger charge is 2.18. The van der Waals surface area contributed by atoms with Gasteiger partial charge in [-0.25, -0.2) is 0 Å². The van der Waals surface area contributed by atoms with Gasteiger partial charge in [0, 0.05) is 18.2 Å². The van der Waals surface area contributed by atoms with E-state index < -0.39 is 0 Å². The highest BCUT2D eigenvalue weighted by atomic mass is 16.5. The largest absolute Gasteiger partial charge is 0.493 e. The number of nitrogens with zero attached hydrogens (tertiary/aromatic N) is 1. The third kappa shape index (κ3) is 5.11. The fourth-order valence-electron chi connectivity index (χ4n) is 1.83. The minimum atomic E-state index is -0.175. The van der Waals surface area contributed by atoms with Gasteiger partial charge >= 0.3 is 0 Å². The monoisotopic (exact) mass is 310 g/mol. The normalized spacial score (nSPS) is 10.7. The first-order valence-corrected chi connectivity index (χ1v) is 7.23. The predicted molar refractivity (Wildman–Crippen MR) is 86.2 cm³/mol. The minimum Gasteiger partial charge on any atom is -0.493 e. The Morgan fingerprint density at radius 3 is 2.14 bits per heavy atom. The third-order valence-electron chi connectivity index (χ3n) is 2.93. The first kappa shape index (κ1) is 18.1. The predicted octanol–water partition coefficient (Wildman–Crippen LogP) is 1.78. The molecule has 0 unspecified atom stereocenters. The number of carbonyl (C=O) groups excluding carboxylic acids is 1. The Kier molecular flexibility index (Phi) is 6.98. The molecule has 0 saturated heterocycles. The van der Waals surface area contributed by atoms with E-state index in [-0.39, 0.29) is 11.9 Å². The third-order valence-corrected chi connectivity index (χ3v) is 2.93. The Hall–Kier alpha value is -1.95. The second-order valence-corrected chi connectivity index (χ2v) is 5.49. The number of hydrogen-bond acceptors (Lipinski definition) is 5. The second-order valence-electron chi connectivity index (χ2n) is 5.49. The van der Waals surface area contributed by atoms with Gasteiger partial charge < -0.3 is 24.4 Å². The number of carbonyl (C=O) groups is 1. The summed E-state index contributed by atoms with van der Waals surface area (Å²) in [4.78, 5) is 14.2. The fraction of sp³-hybridized carbons (Fsp3) is 0.562. The smallest absolute Gasteiger partial charge is 0.251 e. The number of amides is 1. The van der Waals surface area contributed by atoms with Crippen LogP contribution < -0.4 is 19.5 Å². The van der Waals surface area contributed by atoms with E-state index in [1.165, 1.54) is 14.2 Å². The lowest BCUT2D eigenvalue weighted by Gasteiger charge is -2.17. The van der Waals surface area contributed by atoms with Crippen molar-refractivity contribution >= 4 is 5.91 Å². The number of benzene rings is 1. The van der Waals surface area contributed by atoms with Gasteiger partial charge in [-0.1, -0.05) is 0 Å². The molecule has 0 aromatic heterocycles. The quantitative estimate of drug-likeness (QED) is 0.793. The molecule has 6 nitrogen and oxygen atoms in total. The molecule has 0 heterocycles. The number of likely N-dealkylation sites (N-methyl/N-ethyl adjacent to an activating group) is 1. The molecule has 22 heavy (non-hydrogen) atoms. The van der Waals surface area contributed by atoms with Crippen molar-refractivity contribution in [1.29, 1.82) is 0 Å². The summed E-state index contributed by atoms with van der Waals surface area (Å²) in [5.74, 6) is 1.29. The van der Waals surface area contributed by atoms with Gasteiger partial charge in [0.1, 0.15) is 6.61 Å². The lowest BCUT2D eigenvalue weighted by molar-refractivity contribution is 0.0942. The first-order valence-electron chi connectivity index (χ1n) is 7.23. The molecular weight excluding hydrogens is 284 g/mol. The maximum atomic E-state index is 12.1. The molecule has 0 aliphatic rings. The van der Waals surface area contributed by atoms with Crippen molar-refractivity contribution in [3.63, 3.8) is 0 Å². The zero-order chi connectivity index (χ0) is 16.7. The van der Waals surface area contributed by atoms with Gasteiger partial charge in [-0.15, -0.1) is 0 Å². The van der Waals surface area contributed by atoms with E-state index in [9.17, 15) is 4.79 Å². The summed E-state index contributed by atoms with van der Waals surface area (Å²) >= 11 is 0. The molecule has 0 spiro atoms. The van der Waals surface area contributed by atoms with E-state index in [2.05, 4.69) is 5.32 Å². The van der Waals surface area contributed by atoms with Crippen LogP contribution >= 0.6 is 0 Å². The fourth-order valence-corrected chi connectivity index (χ4v) is 1.83. The molecule has 1 aromatic carbocycles. The molecule has 0 fully saturated rings. The molecule has 1 amide bonds. The van der Waals surface area contributed by atoms with Crippen LogP contribution in [0.1, 0.15) is 24.2 Å². The standard InChI is InChI=1S/C16H26N2O4/c1-11(2)17-16(19)12-9-13(20-5)15(14(10-12)21-6)22-8-7-18(3)4/h9-11H,7-8H2,1-6H3,(H,17,19). The number of ether oxygens (including phenoxy) is 3. The summed E-state index contributed by atoms with van der Waals surface area (Å²) in [5.41, 5.74) is 0.474. The zero-order valence-corrected chi connectivity index (χ0v) is 14.2. The van der Waals surface area contributed by atoms with E-state index in [4.69, 9.17) is 14.2 Å². The number of nitrogens with one attached hydrogen (secondary N) is 1. The SMILES string of the molecule is COc1cc(C(=O)NC(C)C)cc(OC)c1OCCN(C)C. The Morgan fingerprint density at radius 1 is 1.18 bits per heavy atom. The lowest BCUT2D eigenvalue weighted by Crippen LogP contribution is -2.30.